The minimum atomic E-state index is -0.166. The molecule has 0 saturated carbocycles. The van der Waals surface area contributed by atoms with Gasteiger partial charge in [0.15, 0.2) is 0 Å². The fraction of sp³-hybridized carbons (Fsp3) is 0.222. The Balaban J connectivity index is 2.05. The van der Waals surface area contributed by atoms with E-state index in [1.54, 1.807) is 12.3 Å². The van der Waals surface area contributed by atoms with E-state index in [1.807, 2.05) is 30.3 Å². The molecular weight excluding hydrogens is 340 g/mol. The van der Waals surface area contributed by atoms with E-state index in [0.717, 1.165) is 10.0 Å². The van der Waals surface area contributed by atoms with Gasteiger partial charge in [-0.25, -0.2) is 4.98 Å². The molecule has 0 unspecified atom stereocenters. The van der Waals surface area contributed by atoms with E-state index in [-0.39, 0.29) is 11.3 Å². The average Bonchev–Trinajstić information content (AvgIpc) is 2.47. The molecule has 0 fully saturated rings. The van der Waals surface area contributed by atoms with E-state index in [4.69, 9.17) is 0 Å². The number of hydrogen-bond donors (Lipinski definition) is 1. The molecule has 1 N–H and O–H groups in total. The molecule has 0 aliphatic rings. The molecule has 1 aromatic heterocycles. The first-order valence-electron chi connectivity index (χ1n) is 7.06. The average molecular weight is 359 g/mol. The zero-order valence-electron chi connectivity index (χ0n) is 12.9. The van der Waals surface area contributed by atoms with Gasteiger partial charge in [0, 0.05) is 16.2 Å². The van der Waals surface area contributed by atoms with Crippen LogP contribution in [-0.2, 0) is 0 Å². The number of aromatic nitrogens is 1. The summed E-state index contributed by atoms with van der Waals surface area (Å²) < 4.78 is 0.875. The van der Waals surface area contributed by atoms with Gasteiger partial charge in [-0.3, -0.25) is 4.79 Å². The van der Waals surface area contributed by atoms with Gasteiger partial charge in [-0.2, -0.15) is 0 Å². The van der Waals surface area contributed by atoms with Crippen LogP contribution in [0, 0.1) is 5.41 Å². The van der Waals surface area contributed by atoms with Crippen LogP contribution in [0.15, 0.2) is 53.1 Å². The molecule has 0 saturated heterocycles. The van der Waals surface area contributed by atoms with Crippen LogP contribution < -0.4 is 5.32 Å². The Morgan fingerprint density at radius 3 is 2.36 bits per heavy atom. The van der Waals surface area contributed by atoms with Crippen molar-refractivity contribution in [3.8, 4) is 0 Å². The highest BCUT2D eigenvalue weighted by Crippen LogP contribution is 2.17. The fourth-order valence-electron chi connectivity index (χ4n) is 1.73. The van der Waals surface area contributed by atoms with Gasteiger partial charge in [0.25, 0.3) is 5.91 Å². The molecule has 1 amide bonds. The van der Waals surface area contributed by atoms with Crippen LogP contribution in [0.1, 0.15) is 36.7 Å². The van der Waals surface area contributed by atoms with Crippen LogP contribution in [0.4, 0.5) is 5.82 Å². The Bertz CT molecular complexity index is 668. The number of halogens is 1. The normalized spacial score (nSPS) is 11.6. The number of pyridine rings is 1. The monoisotopic (exact) mass is 358 g/mol. The molecule has 2 rings (SSSR count). The maximum Gasteiger partial charge on any atom is 0.256 e. The van der Waals surface area contributed by atoms with Crippen molar-refractivity contribution >= 4 is 33.7 Å². The fourth-order valence-corrected chi connectivity index (χ4v) is 1.96. The molecule has 4 heteroatoms. The lowest BCUT2D eigenvalue weighted by Crippen LogP contribution is -2.12. The summed E-state index contributed by atoms with van der Waals surface area (Å²) in [6, 6.07) is 11.1. The standard InChI is InChI=1S/C18H19BrN2O/c1-18(2,3)11-10-13-4-6-14(7-5-13)17(22)21-16-9-8-15(19)12-20-16/h4-12H,1-3H3,(H,20,21,22)/b11-10+. The van der Waals surface area contributed by atoms with Gasteiger partial charge in [0.1, 0.15) is 5.82 Å². The van der Waals surface area contributed by atoms with Crippen molar-refractivity contribution in [3.63, 3.8) is 0 Å². The van der Waals surface area contributed by atoms with Gasteiger partial charge >= 0.3 is 0 Å². The molecule has 22 heavy (non-hydrogen) atoms. The third-order valence-electron chi connectivity index (χ3n) is 2.92. The second kappa shape index (κ2) is 6.88. The molecule has 2 aromatic rings. The first kappa shape index (κ1) is 16.4. The highest BCUT2D eigenvalue weighted by Gasteiger charge is 2.07. The number of nitrogens with zero attached hydrogens (tertiary/aromatic N) is 1. The molecule has 3 nitrogen and oxygen atoms in total. The first-order chi connectivity index (χ1) is 10.3. The lowest BCUT2D eigenvalue weighted by Gasteiger charge is -2.11. The number of rotatable bonds is 3. The Kier molecular flexibility index (Phi) is 5.14. The lowest BCUT2D eigenvalue weighted by molar-refractivity contribution is 0.102. The summed E-state index contributed by atoms with van der Waals surface area (Å²) in [5.41, 5.74) is 1.83. The van der Waals surface area contributed by atoms with E-state index in [0.29, 0.717) is 11.4 Å². The van der Waals surface area contributed by atoms with E-state index < -0.39 is 0 Å². The van der Waals surface area contributed by atoms with Gasteiger partial charge in [-0.1, -0.05) is 45.1 Å². The van der Waals surface area contributed by atoms with Gasteiger partial charge < -0.3 is 5.32 Å². The molecule has 0 radical (unpaired) electrons. The molecule has 114 valence electrons. The second-order valence-corrected chi connectivity index (χ2v) is 7.05. The molecule has 0 aliphatic carbocycles. The van der Waals surface area contributed by atoms with Crippen LogP contribution in [0.5, 0.6) is 0 Å². The number of nitrogens with one attached hydrogen (secondary N) is 1. The highest BCUT2D eigenvalue weighted by molar-refractivity contribution is 9.10. The maximum atomic E-state index is 12.1. The largest absolute Gasteiger partial charge is 0.307 e. The van der Waals surface area contributed by atoms with Crippen molar-refractivity contribution in [1.29, 1.82) is 0 Å². The minimum Gasteiger partial charge on any atom is -0.307 e. The van der Waals surface area contributed by atoms with Crippen LogP contribution in [-0.4, -0.2) is 10.9 Å². The number of hydrogen-bond acceptors (Lipinski definition) is 2. The Morgan fingerprint density at radius 1 is 1.14 bits per heavy atom. The first-order valence-corrected chi connectivity index (χ1v) is 7.85. The number of allylic oxidation sites excluding steroid dienone is 1. The summed E-state index contributed by atoms with van der Waals surface area (Å²) in [5, 5.41) is 2.77. The lowest BCUT2D eigenvalue weighted by atomic mass is 9.95. The van der Waals surface area contributed by atoms with Crippen LogP contribution in [0.2, 0.25) is 0 Å². The number of carbonyl (C=O) groups excluding carboxylic acids is 1. The molecule has 1 aromatic carbocycles. The zero-order chi connectivity index (χ0) is 16.2. The van der Waals surface area contributed by atoms with Crippen molar-refractivity contribution in [2.24, 2.45) is 5.41 Å². The van der Waals surface area contributed by atoms with Crippen molar-refractivity contribution in [2.75, 3.05) is 5.32 Å². The third-order valence-corrected chi connectivity index (χ3v) is 3.39. The SMILES string of the molecule is CC(C)(C)/C=C/c1ccc(C(=O)Nc2ccc(Br)cn2)cc1. The summed E-state index contributed by atoms with van der Waals surface area (Å²) in [6.07, 6.45) is 5.86. The predicted octanol–water partition coefficient (Wildman–Crippen LogP) is 5.16. The van der Waals surface area contributed by atoms with Gasteiger partial charge in [-0.05, 0) is 51.2 Å². The quantitative estimate of drug-likeness (QED) is 0.823. The Hall–Kier alpha value is -1.94. The summed E-state index contributed by atoms with van der Waals surface area (Å²) in [4.78, 5) is 16.3. The Morgan fingerprint density at radius 2 is 1.82 bits per heavy atom. The molecule has 0 atom stereocenters. The smallest absolute Gasteiger partial charge is 0.256 e. The number of benzene rings is 1. The maximum absolute atomic E-state index is 12.1. The van der Waals surface area contributed by atoms with Gasteiger partial charge in [0.05, 0.1) is 0 Å². The topological polar surface area (TPSA) is 42.0 Å². The van der Waals surface area contributed by atoms with E-state index in [9.17, 15) is 4.79 Å². The Labute approximate surface area is 139 Å². The molecule has 0 bridgehead atoms. The molecule has 0 spiro atoms. The van der Waals surface area contributed by atoms with E-state index >= 15 is 0 Å². The summed E-state index contributed by atoms with van der Waals surface area (Å²) in [6.45, 7) is 6.45. The van der Waals surface area contributed by atoms with E-state index in [1.165, 1.54) is 0 Å². The van der Waals surface area contributed by atoms with Crippen molar-refractivity contribution in [3.05, 3.63) is 64.3 Å². The van der Waals surface area contributed by atoms with Crippen LogP contribution in [0.3, 0.4) is 0 Å². The molecule has 1 heterocycles. The predicted molar refractivity (Wildman–Crippen MR) is 94.8 cm³/mol. The van der Waals surface area contributed by atoms with Gasteiger partial charge in [0.2, 0.25) is 0 Å². The van der Waals surface area contributed by atoms with Gasteiger partial charge in [-0.15, -0.1) is 0 Å². The zero-order valence-corrected chi connectivity index (χ0v) is 14.5. The second-order valence-electron chi connectivity index (χ2n) is 6.14. The highest BCUT2D eigenvalue weighted by atomic mass is 79.9. The summed E-state index contributed by atoms with van der Waals surface area (Å²) >= 11 is 3.31. The number of carbonyl (C=O) groups is 1. The number of amides is 1. The van der Waals surface area contributed by atoms with Crippen molar-refractivity contribution in [2.45, 2.75) is 20.8 Å². The van der Waals surface area contributed by atoms with Crippen molar-refractivity contribution < 1.29 is 4.79 Å². The minimum absolute atomic E-state index is 0.142. The third kappa shape index (κ3) is 5.11. The van der Waals surface area contributed by atoms with Crippen molar-refractivity contribution in [1.82, 2.24) is 4.98 Å². The summed E-state index contributed by atoms with van der Waals surface area (Å²) in [5.74, 6) is 0.367. The van der Waals surface area contributed by atoms with E-state index in [2.05, 4.69) is 59.2 Å². The molecule has 0 aliphatic heterocycles. The number of anilines is 1. The van der Waals surface area contributed by atoms with Crippen LogP contribution >= 0.6 is 15.9 Å². The molecular formula is C18H19BrN2O. The van der Waals surface area contributed by atoms with Crippen LogP contribution in [0.25, 0.3) is 6.08 Å². The summed E-state index contributed by atoms with van der Waals surface area (Å²) in [7, 11) is 0.